The average molecular weight is 391 g/mol. The van der Waals surface area contributed by atoms with E-state index in [1.54, 1.807) is 30.3 Å². The summed E-state index contributed by atoms with van der Waals surface area (Å²) in [6.45, 7) is 1.75. The molecule has 7 nitrogen and oxygen atoms in total. The lowest BCUT2D eigenvalue weighted by Gasteiger charge is -2.21. The van der Waals surface area contributed by atoms with E-state index in [0.717, 1.165) is 5.56 Å². The molecule has 1 aliphatic rings. The second-order valence-electron chi connectivity index (χ2n) is 5.96. The molecule has 0 aliphatic carbocycles. The number of methoxy groups -OCH3 is 1. The molecule has 8 heteroatoms. The summed E-state index contributed by atoms with van der Waals surface area (Å²) < 4.78 is 15.8. The summed E-state index contributed by atoms with van der Waals surface area (Å²) in [6, 6.07) is 10.3. The van der Waals surface area contributed by atoms with Crippen molar-refractivity contribution in [2.45, 2.75) is 13.5 Å². The number of benzene rings is 2. The summed E-state index contributed by atoms with van der Waals surface area (Å²) in [5.74, 6) is 1.20. The first-order valence-electron chi connectivity index (χ1n) is 8.23. The molecule has 2 aromatic carbocycles. The Bertz CT molecular complexity index is 871. The predicted octanol–water partition coefficient (Wildman–Crippen LogP) is 3.06. The molecule has 0 saturated carbocycles. The lowest BCUT2D eigenvalue weighted by Crippen LogP contribution is -2.36. The Morgan fingerprint density at radius 3 is 2.70 bits per heavy atom. The number of fused-ring (bicyclic) bond motifs is 1. The Balaban J connectivity index is 1.68. The highest BCUT2D eigenvalue weighted by Gasteiger charge is 2.18. The molecule has 0 radical (unpaired) electrons. The third kappa shape index (κ3) is 4.62. The smallest absolute Gasteiger partial charge is 0.244 e. The molecule has 0 aromatic heterocycles. The van der Waals surface area contributed by atoms with Crippen LogP contribution in [0, 0.1) is 0 Å². The SMILES string of the molecule is COc1ccc(Cl)cc1NC(=O)CN(Cc1ccc2c(c1)OCO2)C(C)=O. The molecular weight excluding hydrogens is 372 g/mol. The molecule has 0 bridgehead atoms. The number of amides is 2. The highest BCUT2D eigenvalue weighted by Crippen LogP contribution is 2.33. The van der Waals surface area contributed by atoms with Crippen LogP contribution in [-0.4, -0.2) is 37.2 Å². The van der Waals surface area contributed by atoms with Crippen LogP contribution in [0.2, 0.25) is 5.02 Å². The van der Waals surface area contributed by atoms with Gasteiger partial charge in [-0.1, -0.05) is 17.7 Å². The van der Waals surface area contributed by atoms with Gasteiger partial charge in [0, 0.05) is 18.5 Å². The fourth-order valence-electron chi connectivity index (χ4n) is 2.68. The molecule has 0 unspecified atom stereocenters. The fourth-order valence-corrected chi connectivity index (χ4v) is 2.85. The molecule has 0 saturated heterocycles. The van der Waals surface area contributed by atoms with Crippen molar-refractivity contribution in [3.8, 4) is 17.2 Å². The van der Waals surface area contributed by atoms with Crippen molar-refractivity contribution in [2.24, 2.45) is 0 Å². The van der Waals surface area contributed by atoms with Crippen molar-refractivity contribution in [2.75, 3.05) is 25.8 Å². The van der Waals surface area contributed by atoms with Gasteiger partial charge in [-0.15, -0.1) is 0 Å². The van der Waals surface area contributed by atoms with E-state index < -0.39 is 0 Å². The number of hydrogen-bond acceptors (Lipinski definition) is 5. The van der Waals surface area contributed by atoms with Crippen LogP contribution in [0.15, 0.2) is 36.4 Å². The maximum Gasteiger partial charge on any atom is 0.244 e. The number of hydrogen-bond donors (Lipinski definition) is 1. The van der Waals surface area contributed by atoms with Crippen LogP contribution >= 0.6 is 11.6 Å². The van der Waals surface area contributed by atoms with Crippen molar-refractivity contribution in [1.82, 2.24) is 4.90 Å². The van der Waals surface area contributed by atoms with E-state index in [1.165, 1.54) is 18.9 Å². The van der Waals surface area contributed by atoms with Gasteiger partial charge in [-0.05, 0) is 35.9 Å². The van der Waals surface area contributed by atoms with Gasteiger partial charge in [-0.2, -0.15) is 0 Å². The van der Waals surface area contributed by atoms with Crippen molar-refractivity contribution in [1.29, 1.82) is 0 Å². The summed E-state index contributed by atoms with van der Waals surface area (Å²) in [5.41, 5.74) is 1.28. The predicted molar refractivity (Wildman–Crippen MR) is 100 cm³/mol. The van der Waals surface area contributed by atoms with Crippen LogP contribution in [-0.2, 0) is 16.1 Å². The second-order valence-corrected chi connectivity index (χ2v) is 6.39. The molecule has 1 heterocycles. The van der Waals surface area contributed by atoms with Gasteiger partial charge in [-0.25, -0.2) is 0 Å². The number of anilines is 1. The standard InChI is InChI=1S/C19H19ClN2O5/c1-12(23)22(9-13-3-5-17-18(7-13)27-11-26-17)10-19(24)21-15-8-14(20)4-6-16(15)25-2/h3-8H,9-11H2,1-2H3,(H,21,24). The van der Waals surface area contributed by atoms with Crippen LogP contribution in [0.25, 0.3) is 0 Å². The van der Waals surface area contributed by atoms with Gasteiger partial charge < -0.3 is 24.4 Å². The number of ether oxygens (including phenoxy) is 3. The second kappa shape index (κ2) is 8.18. The molecule has 27 heavy (non-hydrogen) atoms. The van der Waals surface area contributed by atoms with E-state index in [4.69, 9.17) is 25.8 Å². The van der Waals surface area contributed by atoms with Crippen LogP contribution in [0.4, 0.5) is 5.69 Å². The van der Waals surface area contributed by atoms with Gasteiger partial charge in [0.15, 0.2) is 11.5 Å². The summed E-state index contributed by atoms with van der Waals surface area (Å²) in [4.78, 5) is 25.9. The molecule has 0 fully saturated rings. The Morgan fingerprint density at radius 1 is 1.19 bits per heavy atom. The van der Waals surface area contributed by atoms with Crippen molar-refractivity contribution in [3.05, 3.63) is 47.0 Å². The Hall–Kier alpha value is -2.93. The topological polar surface area (TPSA) is 77.1 Å². The zero-order valence-electron chi connectivity index (χ0n) is 15.0. The van der Waals surface area contributed by atoms with Crippen LogP contribution in [0.3, 0.4) is 0 Å². The summed E-state index contributed by atoms with van der Waals surface area (Å²) >= 11 is 5.97. The van der Waals surface area contributed by atoms with Gasteiger partial charge in [0.05, 0.1) is 12.8 Å². The number of halogens is 1. The van der Waals surface area contributed by atoms with Crippen LogP contribution in [0.5, 0.6) is 17.2 Å². The first-order chi connectivity index (χ1) is 13.0. The van der Waals surface area contributed by atoms with Gasteiger partial charge >= 0.3 is 0 Å². The van der Waals surface area contributed by atoms with Crippen molar-refractivity contribution in [3.63, 3.8) is 0 Å². The van der Waals surface area contributed by atoms with E-state index in [9.17, 15) is 9.59 Å². The minimum Gasteiger partial charge on any atom is -0.495 e. The molecule has 0 spiro atoms. The van der Waals surface area contributed by atoms with Gasteiger partial charge in [0.25, 0.3) is 0 Å². The molecular formula is C19H19ClN2O5. The number of carbonyl (C=O) groups excluding carboxylic acids is 2. The lowest BCUT2D eigenvalue weighted by molar-refractivity contribution is -0.133. The maximum absolute atomic E-state index is 12.4. The first kappa shape index (κ1) is 18.8. The minimum absolute atomic E-state index is 0.112. The normalized spacial score (nSPS) is 11.8. The zero-order valence-corrected chi connectivity index (χ0v) is 15.7. The van der Waals surface area contributed by atoms with Gasteiger partial charge in [0.2, 0.25) is 18.6 Å². The van der Waals surface area contributed by atoms with E-state index in [-0.39, 0.29) is 31.7 Å². The monoisotopic (exact) mass is 390 g/mol. The van der Waals surface area contributed by atoms with E-state index in [2.05, 4.69) is 5.32 Å². The van der Waals surface area contributed by atoms with Crippen LogP contribution in [0.1, 0.15) is 12.5 Å². The number of carbonyl (C=O) groups is 2. The molecule has 1 N–H and O–H groups in total. The average Bonchev–Trinajstić information content (AvgIpc) is 3.09. The summed E-state index contributed by atoms with van der Waals surface area (Å²) in [5, 5.41) is 3.20. The molecule has 3 rings (SSSR count). The lowest BCUT2D eigenvalue weighted by atomic mass is 10.2. The molecule has 2 aromatic rings. The third-order valence-electron chi connectivity index (χ3n) is 4.03. The number of rotatable bonds is 6. The summed E-state index contributed by atoms with van der Waals surface area (Å²) in [6.07, 6.45) is 0. The van der Waals surface area contributed by atoms with E-state index in [0.29, 0.717) is 28.0 Å². The highest BCUT2D eigenvalue weighted by atomic mass is 35.5. The van der Waals surface area contributed by atoms with Gasteiger partial charge in [-0.3, -0.25) is 9.59 Å². The zero-order chi connectivity index (χ0) is 19.4. The number of nitrogens with one attached hydrogen (secondary N) is 1. The Kier molecular flexibility index (Phi) is 5.71. The minimum atomic E-state index is -0.355. The van der Waals surface area contributed by atoms with E-state index in [1.807, 2.05) is 6.07 Å². The Labute approximate surface area is 161 Å². The summed E-state index contributed by atoms with van der Waals surface area (Å²) in [7, 11) is 1.50. The van der Waals surface area contributed by atoms with E-state index >= 15 is 0 Å². The molecule has 142 valence electrons. The third-order valence-corrected chi connectivity index (χ3v) is 4.26. The largest absolute Gasteiger partial charge is 0.495 e. The number of nitrogens with zero attached hydrogens (tertiary/aromatic N) is 1. The van der Waals surface area contributed by atoms with Gasteiger partial charge in [0.1, 0.15) is 12.3 Å². The first-order valence-corrected chi connectivity index (χ1v) is 8.61. The van der Waals surface area contributed by atoms with Crippen molar-refractivity contribution >= 4 is 29.1 Å². The molecule has 2 amide bonds. The quantitative estimate of drug-likeness (QED) is 0.820. The fraction of sp³-hybridized carbons (Fsp3) is 0.263. The maximum atomic E-state index is 12.4. The molecule has 1 aliphatic heterocycles. The Morgan fingerprint density at radius 2 is 1.96 bits per heavy atom. The van der Waals surface area contributed by atoms with Crippen LogP contribution < -0.4 is 19.5 Å². The molecule has 0 atom stereocenters. The van der Waals surface area contributed by atoms with Crippen molar-refractivity contribution < 1.29 is 23.8 Å². The highest BCUT2D eigenvalue weighted by molar-refractivity contribution is 6.31.